The van der Waals surface area contributed by atoms with Crippen molar-refractivity contribution in [3.05, 3.63) is 51.2 Å². The number of rotatable bonds is 4. The monoisotopic (exact) mass is 267 g/mol. The molecule has 17 heavy (non-hydrogen) atoms. The molecule has 2 nitrogen and oxygen atoms in total. The molecule has 0 amide bonds. The highest BCUT2D eigenvalue weighted by Crippen LogP contribution is 2.28. The van der Waals surface area contributed by atoms with E-state index in [1.54, 1.807) is 17.4 Å². The van der Waals surface area contributed by atoms with Gasteiger partial charge in [0.05, 0.1) is 0 Å². The van der Waals surface area contributed by atoms with Gasteiger partial charge in [0, 0.05) is 16.4 Å². The van der Waals surface area contributed by atoms with Gasteiger partial charge in [0.2, 0.25) is 0 Å². The van der Waals surface area contributed by atoms with Gasteiger partial charge in [-0.1, -0.05) is 17.7 Å². The molecule has 2 aromatic rings. The van der Waals surface area contributed by atoms with Crippen LogP contribution in [0.5, 0.6) is 5.75 Å². The summed E-state index contributed by atoms with van der Waals surface area (Å²) in [6, 6.07) is 9.45. The van der Waals surface area contributed by atoms with Gasteiger partial charge in [-0.15, -0.1) is 11.3 Å². The summed E-state index contributed by atoms with van der Waals surface area (Å²) in [6.45, 7) is 2.52. The highest BCUT2D eigenvalue weighted by Gasteiger charge is 2.15. The lowest BCUT2D eigenvalue weighted by Crippen LogP contribution is -2.18. The summed E-state index contributed by atoms with van der Waals surface area (Å²) >= 11 is 7.59. The molecular weight excluding hydrogens is 254 g/mol. The number of hydrogen-bond donors (Lipinski definition) is 1. The van der Waals surface area contributed by atoms with E-state index in [9.17, 15) is 0 Å². The second kappa shape index (κ2) is 5.54. The van der Waals surface area contributed by atoms with E-state index < -0.39 is 0 Å². The van der Waals surface area contributed by atoms with Crippen LogP contribution in [0.3, 0.4) is 0 Å². The highest BCUT2D eigenvalue weighted by atomic mass is 35.5. The Morgan fingerprint density at radius 1 is 1.41 bits per heavy atom. The van der Waals surface area contributed by atoms with Gasteiger partial charge in [-0.05, 0) is 42.1 Å². The second-order valence-corrected chi connectivity index (χ2v) is 5.15. The molecule has 0 saturated carbocycles. The quantitative estimate of drug-likeness (QED) is 0.915. The third-order valence-corrected chi connectivity index (χ3v) is 3.83. The Bertz CT molecular complexity index is 498. The standard InChI is InChI=1S/C13H14ClNOS/c1-9-5-6-17-13(9)12(8-15)16-11-4-2-3-10(14)7-11/h2-7,12H,8,15H2,1H3. The third kappa shape index (κ3) is 3.00. The van der Waals surface area contributed by atoms with Crippen LogP contribution in [-0.2, 0) is 0 Å². The number of aryl methyl sites for hydroxylation is 1. The molecule has 0 aliphatic rings. The summed E-state index contributed by atoms with van der Waals surface area (Å²) in [5.41, 5.74) is 6.98. The highest BCUT2D eigenvalue weighted by molar-refractivity contribution is 7.10. The Kier molecular flexibility index (Phi) is 4.05. The molecule has 0 fully saturated rings. The maximum atomic E-state index is 5.92. The van der Waals surface area contributed by atoms with Crippen molar-refractivity contribution in [2.45, 2.75) is 13.0 Å². The van der Waals surface area contributed by atoms with Crippen LogP contribution in [0.2, 0.25) is 5.02 Å². The maximum Gasteiger partial charge on any atom is 0.145 e. The first kappa shape index (κ1) is 12.4. The van der Waals surface area contributed by atoms with Gasteiger partial charge < -0.3 is 10.5 Å². The zero-order valence-electron chi connectivity index (χ0n) is 9.52. The lowest BCUT2D eigenvalue weighted by molar-refractivity contribution is 0.217. The first-order valence-electron chi connectivity index (χ1n) is 5.37. The molecule has 0 aliphatic carbocycles. The van der Waals surface area contributed by atoms with E-state index >= 15 is 0 Å². The third-order valence-electron chi connectivity index (χ3n) is 2.48. The van der Waals surface area contributed by atoms with E-state index in [2.05, 4.69) is 18.4 Å². The lowest BCUT2D eigenvalue weighted by atomic mass is 10.2. The lowest BCUT2D eigenvalue weighted by Gasteiger charge is -2.17. The number of nitrogens with two attached hydrogens (primary N) is 1. The van der Waals surface area contributed by atoms with Crippen molar-refractivity contribution < 1.29 is 4.74 Å². The Balaban J connectivity index is 2.19. The zero-order valence-corrected chi connectivity index (χ0v) is 11.1. The molecule has 90 valence electrons. The van der Waals surface area contributed by atoms with Crippen LogP contribution in [0.4, 0.5) is 0 Å². The van der Waals surface area contributed by atoms with Crippen molar-refractivity contribution in [3.8, 4) is 5.75 Å². The van der Waals surface area contributed by atoms with Crippen molar-refractivity contribution in [1.29, 1.82) is 0 Å². The Morgan fingerprint density at radius 2 is 2.24 bits per heavy atom. The average molecular weight is 268 g/mol. The van der Waals surface area contributed by atoms with E-state index in [4.69, 9.17) is 22.1 Å². The van der Waals surface area contributed by atoms with Crippen LogP contribution in [0.25, 0.3) is 0 Å². The number of halogens is 1. The molecular formula is C13H14ClNOS. The van der Waals surface area contributed by atoms with Crippen LogP contribution >= 0.6 is 22.9 Å². The summed E-state index contributed by atoms with van der Waals surface area (Å²) in [4.78, 5) is 1.17. The van der Waals surface area contributed by atoms with Gasteiger partial charge in [0.15, 0.2) is 0 Å². The minimum absolute atomic E-state index is 0.103. The minimum atomic E-state index is -0.103. The van der Waals surface area contributed by atoms with Crippen molar-refractivity contribution in [2.24, 2.45) is 5.73 Å². The molecule has 0 spiro atoms. The predicted molar refractivity (Wildman–Crippen MR) is 72.9 cm³/mol. The Hall–Kier alpha value is -1.03. The van der Waals surface area contributed by atoms with Crippen LogP contribution in [0, 0.1) is 6.92 Å². The van der Waals surface area contributed by atoms with Crippen LogP contribution in [0.15, 0.2) is 35.7 Å². The first-order chi connectivity index (χ1) is 8.20. The molecule has 1 aromatic carbocycles. The maximum absolute atomic E-state index is 5.92. The fourth-order valence-corrected chi connectivity index (χ4v) is 2.78. The minimum Gasteiger partial charge on any atom is -0.484 e. The van der Waals surface area contributed by atoms with Crippen LogP contribution in [0.1, 0.15) is 16.5 Å². The van der Waals surface area contributed by atoms with Gasteiger partial charge in [-0.25, -0.2) is 0 Å². The Labute approximate surface area is 110 Å². The van der Waals surface area contributed by atoms with E-state index in [-0.39, 0.29) is 6.10 Å². The van der Waals surface area contributed by atoms with E-state index in [1.165, 1.54) is 10.4 Å². The Morgan fingerprint density at radius 3 is 2.82 bits per heavy atom. The van der Waals surface area contributed by atoms with E-state index in [1.807, 2.05) is 18.2 Å². The van der Waals surface area contributed by atoms with E-state index in [0.29, 0.717) is 11.6 Å². The first-order valence-corrected chi connectivity index (χ1v) is 6.62. The smallest absolute Gasteiger partial charge is 0.145 e. The largest absolute Gasteiger partial charge is 0.484 e. The topological polar surface area (TPSA) is 35.2 Å². The van der Waals surface area contributed by atoms with Crippen molar-refractivity contribution >= 4 is 22.9 Å². The summed E-state index contributed by atoms with van der Waals surface area (Å²) in [5, 5.41) is 2.72. The van der Waals surface area contributed by atoms with Gasteiger partial charge in [-0.3, -0.25) is 0 Å². The van der Waals surface area contributed by atoms with E-state index in [0.717, 1.165) is 5.75 Å². The summed E-state index contributed by atoms with van der Waals surface area (Å²) in [5.74, 6) is 0.751. The average Bonchev–Trinajstić information content (AvgIpc) is 2.72. The molecule has 0 bridgehead atoms. The molecule has 0 aliphatic heterocycles. The summed E-state index contributed by atoms with van der Waals surface area (Å²) in [7, 11) is 0. The van der Waals surface area contributed by atoms with Gasteiger partial charge in [0.25, 0.3) is 0 Å². The molecule has 1 heterocycles. The van der Waals surface area contributed by atoms with Crippen molar-refractivity contribution in [3.63, 3.8) is 0 Å². The number of benzene rings is 1. The normalized spacial score (nSPS) is 12.4. The number of thiophene rings is 1. The van der Waals surface area contributed by atoms with Crippen molar-refractivity contribution in [1.82, 2.24) is 0 Å². The summed E-state index contributed by atoms with van der Waals surface area (Å²) in [6.07, 6.45) is -0.103. The van der Waals surface area contributed by atoms with Crippen LogP contribution < -0.4 is 10.5 Å². The predicted octanol–water partition coefficient (Wildman–Crippen LogP) is 3.79. The molecule has 0 saturated heterocycles. The fourth-order valence-electron chi connectivity index (χ4n) is 1.63. The SMILES string of the molecule is Cc1ccsc1C(CN)Oc1cccc(Cl)c1. The van der Waals surface area contributed by atoms with Gasteiger partial charge in [0.1, 0.15) is 11.9 Å². The molecule has 2 rings (SSSR count). The number of hydrogen-bond acceptors (Lipinski definition) is 3. The zero-order chi connectivity index (χ0) is 12.3. The van der Waals surface area contributed by atoms with Crippen LogP contribution in [-0.4, -0.2) is 6.54 Å². The van der Waals surface area contributed by atoms with Gasteiger partial charge in [-0.2, -0.15) is 0 Å². The number of ether oxygens (including phenoxy) is 1. The molecule has 2 N–H and O–H groups in total. The molecule has 1 unspecified atom stereocenters. The molecule has 1 atom stereocenters. The molecule has 4 heteroatoms. The second-order valence-electron chi connectivity index (χ2n) is 3.77. The molecule has 1 aromatic heterocycles. The van der Waals surface area contributed by atoms with Gasteiger partial charge >= 0.3 is 0 Å². The fraction of sp³-hybridized carbons (Fsp3) is 0.231. The molecule has 0 radical (unpaired) electrons. The van der Waals surface area contributed by atoms with Crippen molar-refractivity contribution in [2.75, 3.05) is 6.54 Å². The summed E-state index contributed by atoms with van der Waals surface area (Å²) < 4.78 is 5.87.